The van der Waals surface area contributed by atoms with Crippen LogP contribution in [0.2, 0.25) is 5.02 Å². The molecule has 0 fully saturated rings. The van der Waals surface area contributed by atoms with Crippen LogP contribution in [-0.2, 0) is 17.9 Å². The van der Waals surface area contributed by atoms with E-state index >= 15 is 0 Å². The normalized spacial score (nSPS) is 10.2. The van der Waals surface area contributed by atoms with Gasteiger partial charge in [-0.05, 0) is 23.3 Å². The molecule has 0 aliphatic rings. The van der Waals surface area contributed by atoms with E-state index in [9.17, 15) is 9.18 Å². The maximum atomic E-state index is 12.3. The molecule has 0 N–H and O–H groups in total. The fourth-order valence-corrected chi connectivity index (χ4v) is 1.55. The van der Waals surface area contributed by atoms with Crippen molar-refractivity contribution in [2.75, 3.05) is 5.88 Å². The van der Waals surface area contributed by atoms with Crippen LogP contribution in [0.3, 0.4) is 0 Å². The highest BCUT2D eigenvalue weighted by Crippen LogP contribution is 2.16. The lowest BCUT2D eigenvalue weighted by Crippen LogP contribution is -2.04. The third kappa shape index (κ3) is 3.28. The molecule has 0 saturated carbocycles. The first-order chi connectivity index (χ1) is 6.65. The Morgan fingerprint density at radius 3 is 2.50 bits per heavy atom. The fraction of sp³-hybridized carbons (Fsp3) is 0.300. The number of rotatable bonds is 4. The summed E-state index contributed by atoms with van der Waals surface area (Å²) in [5.74, 6) is -0.129. The first-order valence-corrected chi connectivity index (χ1v) is 4.99. The first kappa shape index (κ1) is 11.5. The third-order valence-corrected chi connectivity index (χ3v) is 2.24. The van der Waals surface area contributed by atoms with Crippen molar-refractivity contribution >= 4 is 29.0 Å². The van der Waals surface area contributed by atoms with Crippen LogP contribution in [-0.4, -0.2) is 11.7 Å². The van der Waals surface area contributed by atoms with Gasteiger partial charge in [0.2, 0.25) is 0 Å². The molecule has 0 spiro atoms. The predicted molar refractivity (Wildman–Crippen MR) is 55.7 cm³/mol. The number of ketones is 1. The van der Waals surface area contributed by atoms with Crippen molar-refractivity contribution in [3.8, 4) is 0 Å². The lowest BCUT2D eigenvalue weighted by atomic mass is 10.1. The van der Waals surface area contributed by atoms with Crippen molar-refractivity contribution in [1.82, 2.24) is 0 Å². The van der Waals surface area contributed by atoms with E-state index in [2.05, 4.69) is 0 Å². The number of hydrogen-bond donors (Lipinski definition) is 0. The average molecular weight is 235 g/mol. The van der Waals surface area contributed by atoms with Gasteiger partial charge in [-0.1, -0.05) is 17.7 Å². The van der Waals surface area contributed by atoms with E-state index in [-0.39, 0.29) is 18.1 Å². The standard InChI is InChI=1S/C10H9Cl2FO/c11-5-10(14)4-7-1-8(6-13)3-9(12)2-7/h1-3H,4-6H2. The summed E-state index contributed by atoms with van der Waals surface area (Å²) >= 11 is 11.1. The number of alkyl halides is 2. The molecule has 1 rings (SSSR count). The quantitative estimate of drug-likeness (QED) is 0.732. The second-order valence-electron chi connectivity index (χ2n) is 2.95. The maximum Gasteiger partial charge on any atom is 0.151 e. The third-order valence-electron chi connectivity index (χ3n) is 1.72. The molecule has 4 heteroatoms. The van der Waals surface area contributed by atoms with Gasteiger partial charge in [-0.15, -0.1) is 11.6 Å². The minimum absolute atomic E-state index is 0.0303. The number of carbonyl (C=O) groups is 1. The van der Waals surface area contributed by atoms with Gasteiger partial charge in [-0.25, -0.2) is 4.39 Å². The zero-order chi connectivity index (χ0) is 10.6. The van der Waals surface area contributed by atoms with Gasteiger partial charge in [0.15, 0.2) is 5.78 Å². The Morgan fingerprint density at radius 1 is 1.29 bits per heavy atom. The molecule has 0 amide bonds. The molecule has 0 saturated heterocycles. The number of halogens is 3. The molecule has 0 radical (unpaired) electrons. The van der Waals surface area contributed by atoms with Crippen LogP contribution in [0.5, 0.6) is 0 Å². The van der Waals surface area contributed by atoms with E-state index in [4.69, 9.17) is 23.2 Å². The van der Waals surface area contributed by atoms with Gasteiger partial charge in [-0.2, -0.15) is 0 Å². The largest absolute Gasteiger partial charge is 0.298 e. The molecule has 1 aromatic carbocycles. The van der Waals surface area contributed by atoms with Crippen molar-refractivity contribution in [2.24, 2.45) is 0 Å². The molecule has 0 bridgehead atoms. The van der Waals surface area contributed by atoms with Crippen molar-refractivity contribution in [2.45, 2.75) is 13.1 Å². The summed E-state index contributed by atoms with van der Waals surface area (Å²) in [5.41, 5.74) is 1.19. The highest BCUT2D eigenvalue weighted by molar-refractivity contribution is 6.30. The van der Waals surface area contributed by atoms with Crippen LogP contribution in [0.25, 0.3) is 0 Å². The second-order valence-corrected chi connectivity index (χ2v) is 3.65. The highest BCUT2D eigenvalue weighted by atomic mass is 35.5. The van der Waals surface area contributed by atoms with E-state index in [1.807, 2.05) is 0 Å². The Morgan fingerprint density at radius 2 is 1.93 bits per heavy atom. The van der Waals surface area contributed by atoms with E-state index < -0.39 is 6.67 Å². The number of hydrogen-bond acceptors (Lipinski definition) is 1. The van der Waals surface area contributed by atoms with E-state index in [0.717, 1.165) is 0 Å². The lowest BCUT2D eigenvalue weighted by Gasteiger charge is -2.02. The van der Waals surface area contributed by atoms with Crippen molar-refractivity contribution in [3.63, 3.8) is 0 Å². The molecule has 14 heavy (non-hydrogen) atoms. The Kier molecular flexibility index (Phi) is 4.36. The molecule has 0 heterocycles. The summed E-state index contributed by atoms with van der Waals surface area (Å²) < 4.78 is 12.3. The van der Waals surface area contributed by atoms with Gasteiger partial charge in [0.1, 0.15) is 6.67 Å². The molecule has 0 aliphatic heterocycles. The number of Topliss-reactive ketones (excluding diaryl/α,β-unsaturated/α-hetero) is 1. The molecular formula is C10H9Cl2FO. The first-order valence-electron chi connectivity index (χ1n) is 4.07. The molecule has 0 unspecified atom stereocenters. The Labute approximate surface area is 91.8 Å². The summed E-state index contributed by atoms with van der Waals surface area (Å²) in [5, 5.41) is 0.442. The van der Waals surface area contributed by atoms with Crippen molar-refractivity contribution in [1.29, 1.82) is 0 Å². The van der Waals surface area contributed by atoms with Crippen LogP contribution in [0.15, 0.2) is 18.2 Å². The number of benzene rings is 1. The molecule has 0 aromatic heterocycles. The molecule has 0 atom stereocenters. The van der Waals surface area contributed by atoms with Gasteiger partial charge in [0, 0.05) is 11.4 Å². The summed E-state index contributed by atoms with van der Waals surface area (Å²) in [4.78, 5) is 11.0. The van der Waals surface area contributed by atoms with Gasteiger partial charge < -0.3 is 0 Å². The monoisotopic (exact) mass is 234 g/mol. The topological polar surface area (TPSA) is 17.1 Å². The lowest BCUT2D eigenvalue weighted by molar-refractivity contribution is -0.116. The summed E-state index contributed by atoms with van der Waals surface area (Å²) in [7, 11) is 0. The van der Waals surface area contributed by atoms with Gasteiger partial charge in [0.05, 0.1) is 5.88 Å². The van der Waals surface area contributed by atoms with E-state index in [0.29, 0.717) is 16.1 Å². The highest BCUT2D eigenvalue weighted by Gasteiger charge is 2.04. The Hall–Kier alpha value is -0.600. The summed E-state index contributed by atoms with van der Waals surface area (Å²) in [6.45, 7) is -0.581. The molecule has 0 aliphatic carbocycles. The van der Waals surface area contributed by atoms with Crippen molar-refractivity contribution < 1.29 is 9.18 Å². The van der Waals surface area contributed by atoms with Crippen LogP contribution in [0, 0.1) is 0 Å². The minimum Gasteiger partial charge on any atom is -0.298 e. The Balaban J connectivity index is 2.86. The zero-order valence-electron chi connectivity index (χ0n) is 7.40. The van der Waals surface area contributed by atoms with Gasteiger partial charge >= 0.3 is 0 Å². The Bertz CT molecular complexity index is 339. The van der Waals surface area contributed by atoms with Crippen LogP contribution in [0.1, 0.15) is 11.1 Å². The predicted octanol–water partition coefficient (Wildman–Crippen LogP) is 3.16. The zero-order valence-corrected chi connectivity index (χ0v) is 8.91. The molecule has 1 aromatic rings. The van der Waals surface area contributed by atoms with Crippen LogP contribution < -0.4 is 0 Å². The SMILES string of the molecule is O=C(CCl)Cc1cc(Cl)cc(CF)c1. The van der Waals surface area contributed by atoms with Crippen LogP contribution in [0.4, 0.5) is 4.39 Å². The van der Waals surface area contributed by atoms with Gasteiger partial charge in [-0.3, -0.25) is 4.79 Å². The maximum absolute atomic E-state index is 12.3. The van der Waals surface area contributed by atoms with Gasteiger partial charge in [0.25, 0.3) is 0 Å². The summed E-state index contributed by atoms with van der Waals surface area (Å²) in [6, 6.07) is 4.80. The fourth-order valence-electron chi connectivity index (χ4n) is 1.17. The average Bonchev–Trinajstić information content (AvgIpc) is 2.16. The van der Waals surface area contributed by atoms with E-state index in [1.165, 1.54) is 6.07 Å². The molecular weight excluding hydrogens is 226 g/mol. The number of carbonyl (C=O) groups excluding carboxylic acids is 1. The molecule has 76 valence electrons. The van der Waals surface area contributed by atoms with Crippen LogP contribution >= 0.6 is 23.2 Å². The van der Waals surface area contributed by atoms with E-state index in [1.54, 1.807) is 12.1 Å². The summed E-state index contributed by atoms with van der Waals surface area (Å²) in [6.07, 6.45) is 0.205. The second kappa shape index (κ2) is 5.32. The van der Waals surface area contributed by atoms with Crippen molar-refractivity contribution in [3.05, 3.63) is 34.3 Å². The smallest absolute Gasteiger partial charge is 0.151 e. The molecule has 1 nitrogen and oxygen atoms in total. The minimum atomic E-state index is -0.581.